The first kappa shape index (κ1) is 19.0. The second kappa shape index (κ2) is 6.91. The lowest BCUT2D eigenvalue weighted by Crippen LogP contribution is -2.48. The Morgan fingerprint density at radius 3 is 2.76 bits per heavy atom. The van der Waals surface area contributed by atoms with Gasteiger partial charge >= 0.3 is 0 Å². The number of anilines is 3. The van der Waals surface area contributed by atoms with Crippen molar-refractivity contribution in [1.82, 2.24) is 24.5 Å². The monoisotopic (exact) mass is 395 g/mol. The summed E-state index contributed by atoms with van der Waals surface area (Å²) in [5.41, 5.74) is 1.32. The lowest BCUT2D eigenvalue weighted by molar-refractivity contribution is 0.0804. The second-order valence-corrected chi connectivity index (χ2v) is 8.28. The van der Waals surface area contributed by atoms with E-state index in [2.05, 4.69) is 39.9 Å². The number of carbonyl (C=O) groups excluding carboxylic acids is 1. The molecule has 0 unspecified atom stereocenters. The van der Waals surface area contributed by atoms with E-state index < -0.39 is 0 Å². The van der Waals surface area contributed by atoms with Gasteiger partial charge in [-0.25, -0.2) is 4.98 Å². The van der Waals surface area contributed by atoms with Gasteiger partial charge in [-0.2, -0.15) is 9.61 Å². The largest absolute Gasteiger partial charge is 0.373 e. The smallest absolute Gasteiger partial charge is 0.274 e. The molecule has 3 heterocycles. The number of hydrogen-bond acceptors (Lipinski definition) is 6. The molecular formula is C20H25N7O2. The van der Waals surface area contributed by atoms with E-state index in [0.29, 0.717) is 28.5 Å². The Hall–Kier alpha value is -3.36. The average Bonchev–Trinajstić information content (AvgIpc) is 3.07. The predicted octanol–water partition coefficient (Wildman–Crippen LogP) is 2.13. The maximum absolute atomic E-state index is 12.8. The van der Waals surface area contributed by atoms with Crippen molar-refractivity contribution in [3.8, 4) is 0 Å². The fraction of sp³-hybridized carbons (Fsp3) is 0.400. The van der Waals surface area contributed by atoms with Crippen molar-refractivity contribution in [2.24, 2.45) is 12.5 Å². The molecule has 1 aliphatic carbocycles. The van der Waals surface area contributed by atoms with Crippen molar-refractivity contribution in [2.45, 2.75) is 32.7 Å². The second-order valence-electron chi connectivity index (χ2n) is 8.28. The summed E-state index contributed by atoms with van der Waals surface area (Å²) in [7, 11) is 3.45. The van der Waals surface area contributed by atoms with Crippen LogP contribution in [0.5, 0.6) is 0 Å². The lowest BCUT2D eigenvalue weighted by atomic mass is 9.68. The van der Waals surface area contributed by atoms with Crippen LogP contribution < -0.4 is 21.5 Å². The van der Waals surface area contributed by atoms with Gasteiger partial charge in [-0.3, -0.25) is 9.59 Å². The number of nitrogens with one attached hydrogen (secondary N) is 3. The van der Waals surface area contributed by atoms with Gasteiger partial charge in [0.05, 0.1) is 6.20 Å². The number of fused-ring (bicyclic) bond motifs is 1. The van der Waals surface area contributed by atoms with Crippen LogP contribution in [0.25, 0.3) is 5.65 Å². The van der Waals surface area contributed by atoms with Crippen molar-refractivity contribution in [2.75, 3.05) is 17.7 Å². The molecule has 3 N–H and O–H groups in total. The first-order valence-corrected chi connectivity index (χ1v) is 9.57. The van der Waals surface area contributed by atoms with Crippen molar-refractivity contribution in [1.29, 1.82) is 0 Å². The Labute approximate surface area is 168 Å². The lowest BCUT2D eigenvalue weighted by Gasteiger charge is -2.42. The quantitative estimate of drug-likeness (QED) is 0.611. The Morgan fingerprint density at radius 1 is 1.31 bits per heavy atom. The fourth-order valence-electron chi connectivity index (χ4n) is 3.84. The van der Waals surface area contributed by atoms with Crippen molar-refractivity contribution < 1.29 is 4.79 Å². The van der Waals surface area contributed by atoms with Crippen LogP contribution in [0.4, 0.5) is 17.3 Å². The average molecular weight is 395 g/mol. The van der Waals surface area contributed by atoms with Gasteiger partial charge in [0.2, 0.25) is 0 Å². The molecule has 0 radical (unpaired) electrons. The molecule has 9 nitrogen and oxygen atoms in total. The van der Waals surface area contributed by atoms with Crippen LogP contribution >= 0.6 is 0 Å². The molecule has 3 aromatic heterocycles. The van der Waals surface area contributed by atoms with Crippen LogP contribution in [-0.2, 0) is 7.05 Å². The molecule has 0 aliphatic heterocycles. The predicted molar refractivity (Wildman–Crippen MR) is 112 cm³/mol. The van der Waals surface area contributed by atoms with Gasteiger partial charge in [0.25, 0.3) is 11.5 Å². The zero-order valence-electron chi connectivity index (χ0n) is 17.0. The van der Waals surface area contributed by atoms with Crippen LogP contribution in [0.1, 0.15) is 37.0 Å². The van der Waals surface area contributed by atoms with E-state index in [1.165, 1.54) is 10.8 Å². The fourth-order valence-corrected chi connectivity index (χ4v) is 3.84. The van der Waals surface area contributed by atoms with E-state index in [4.69, 9.17) is 0 Å². The van der Waals surface area contributed by atoms with E-state index in [1.54, 1.807) is 43.0 Å². The van der Waals surface area contributed by atoms with Crippen LogP contribution in [0.3, 0.4) is 0 Å². The topological polar surface area (TPSA) is 105 Å². The zero-order valence-corrected chi connectivity index (χ0v) is 17.0. The molecule has 1 aliphatic rings. The highest BCUT2D eigenvalue weighted by molar-refractivity contribution is 6.00. The third kappa shape index (κ3) is 3.55. The number of carbonyl (C=O) groups is 1. The third-order valence-electron chi connectivity index (χ3n) is 5.29. The molecule has 0 spiro atoms. The van der Waals surface area contributed by atoms with Crippen molar-refractivity contribution in [3.05, 3.63) is 46.5 Å². The number of nitrogens with zero attached hydrogens (tertiary/aromatic N) is 4. The molecule has 9 heteroatoms. The highest BCUT2D eigenvalue weighted by Gasteiger charge is 2.37. The Bertz CT molecular complexity index is 1140. The van der Waals surface area contributed by atoms with Crippen LogP contribution in [0.15, 0.2) is 35.4 Å². The number of aromatic nitrogens is 4. The standard InChI is InChI=1S/C20H25N7O2/c1-20(2)9-12(10-20)23-18(28)13-11-22-27-16(21-3)8-15(25-17(13)27)24-14-6-5-7-26(4)19(14)29/h5-8,11-12,21H,9-10H2,1-4H3,(H,23,28)(H,24,25). The minimum Gasteiger partial charge on any atom is -0.373 e. The molecule has 1 saturated carbocycles. The minimum atomic E-state index is -0.192. The highest BCUT2D eigenvalue weighted by Crippen LogP contribution is 2.39. The van der Waals surface area contributed by atoms with Crippen molar-refractivity contribution in [3.63, 3.8) is 0 Å². The van der Waals surface area contributed by atoms with Gasteiger partial charge < -0.3 is 20.5 Å². The molecule has 152 valence electrons. The molecule has 29 heavy (non-hydrogen) atoms. The molecule has 3 aromatic rings. The van der Waals surface area contributed by atoms with E-state index >= 15 is 0 Å². The molecule has 0 atom stereocenters. The summed E-state index contributed by atoms with van der Waals surface area (Å²) < 4.78 is 3.06. The van der Waals surface area contributed by atoms with Gasteiger partial charge in [-0.05, 0) is 30.4 Å². The summed E-state index contributed by atoms with van der Waals surface area (Å²) in [4.78, 5) is 29.7. The van der Waals surface area contributed by atoms with E-state index in [0.717, 1.165) is 12.8 Å². The van der Waals surface area contributed by atoms with Crippen molar-refractivity contribution >= 4 is 28.9 Å². The number of pyridine rings is 1. The Balaban J connectivity index is 1.67. The minimum absolute atomic E-state index is 0.167. The number of rotatable bonds is 5. The van der Waals surface area contributed by atoms with Crippen LogP contribution in [0, 0.1) is 5.41 Å². The number of aryl methyl sites for hydroxylation is 1. The van der Waals surface area contributed by atoms with Crippen LogP contribution in [-0.4, -0.2) is 38.2 Å². The Kier molecular flexibility index (Phi) is 4.52. The number of hydrogen-bond donors (Lipinski definition) is 3. The van der Waals surface area contributed by atoms with E-state index in [-0.39, 0.29) is 22.9 Å². The maximum Gasteiger partial charge on any atom is 0.274 e. The molecule has 0 bridgehead atoms. The maximum atomic E-state index is 12.8. The van der Waals surface area contributed by atoms with Crippen LogP contribution in [0.2, 0.25) is 0 Å². The van der Waals surface area contributed by atoms with E-state index in [1.807, 2.05) is 0 Å². The summed E-state index contributed by atoms with van der Waals surface area (Å²) in [6.45, 7) is 4.38. The summed E-state index contributed by atoms with van der Waals surface area (Å²) in [6, 6.07) is 5.38. The molecule has 1 amide bonds. The SMILES string of the molecule is CNc1cc(Nc2cccn(C)c2=O)nc2c(C(=O)NC3CC(C)(C)C3)cnn12. The summed E-state index contributed by atoms with van der Waals surface area (Å²) in [5, 5.41) is 13.5. The number of amides is 1. The normalized spacial score (nSPS) is 15.7. The summed E-state index contributed by atoms with van der Waals surface area (Å²) >= 11 is 0. The van der Waals surface area contributed by atoms with E-state index in [9.17, 15) is 9.59 Å². The van der Waals surface area contributed by atoms with Gasteiger partial charge in [-0.15, -0.1) is 0 Å². The third-order valence-corrected chi connectivity index (χ3v) is 5.29. The molecular weight excluding hydrogens is 370 g/mol. The summed E-state index contributed by atoms with van der Waals surface area (Å²) in [6.07, 6.45) is 5.12. The summed E-state index contributed by atoms with van der Waals surface area (Å²) in [5.74, 6) is 0.904. The molecule has 1 fully saturated rings. The first-order valence-electron chi connectivity index (χ1n) is 9.57. The molecule has 0 saturated heterocycles. The van der Waals surface area contributed by atoms with Gasteiger partial charge in [0.15, 0.2) is 5.65 Å². The van der Waals surface area contributed by atoms with Gasteiger partial charge in [-0.1, -0.05) is 13.8 Å². The Morgan fingerprint density at radius 2 is 2.07 bits per heavy atom. The highest BCUT2D eigenvalue weighted by atomic mass is 16.2. The zero-order chi connectivity index (χ0) is 20.8. The van der Waals surface area contributed by atoms with Gasteiger partial charge in [0, 0.05) is 32.4 Å². The molecule has 4 rings (SSSR count). The first-order chi connectivity index (χ1) is 13.8. The van der Waals surface area contributed by atoms with Gasteiger partial charge in [0.1, 0.15) is 22.9 Å². The molecule has 0 aromatic carbocycles.